The fourth-order valence-corrected chi connectivity index (χ4v) is 6.22. The van der Waals surface area contributed by atoms with Gasteiger partial charge in [-0.3, -0.25) is 9.20 Å². The minimum atomic E-state index is -4.52. The van der Waals surface area contributed by atoms with Crippen molar-refractivity contribution in [3.63, 3.8) is 0 Å². The number of benzene rings is 2. The van der Waals surface area contributed by atoms with Gasteiger partial charge in [0.15, 0.2) is 0 Å². The summed E-state index contributed by atoms with van der Waals surface area (Å²) in [5.41, 5.74) is 7.16. The van der Waals surface area contributed by atoms with E-state index in [1.54, 1.807) is 25.3 Å². The molecule has 212 valence electrons. The average molecular weight is 562 g/mol. The number of carbonyl (C=O) groups is 1. The number of halogens is 3. The summed E-state index contributed by atoms with van der Waals surface area (Å²) in [6.07, 6.45) is 5.08. The molecule has 2 aliphatic rings. The molecule has 2 aromatic heterocycles. The Balaban J connectivity index is 1.39. The topological polar surface area (TPSA) is 96.8 Å². The van der Waals surface area contributed by atoms with Crippen molar-refractivity contribution in [2.75, 3.05) is 12.3 Å². The molecular formula is C31H30F3N5O2. The molecule has 2 aliphatic heterocycles. The highest BCUT2D eigenvalue weighted by Crippen LogP contribution is 2.39. The molecule has 0 bridgehead atoms. The first kappa shape index (κ1) is 27.0. The van der Waals surface area contributed by atoms with E-state index in [1.807, 2.05) is 27.6 Å². The summed E-state index contributed by atoms with van der Waals surface area (Å²) in [5.74, 6) is 1.22. The van der Waals surface area contributed by atoms with Gasteiger partial charge in [0.1, 0.15) is 28.5 Å². The maximum atomic E-state index is 13.3. The summed E-state index contributed by atoms with van der Waals surface area (Å²) >= 11 is 0. The van der Waals surface area contributed by atoms with Crippen LogP contribution in [0.2, 0.25) is 0 Å². The zero-order chi connectivity index (χ0) is 29.1. The van der Waals surface area contributed by atoms with Gasteiger partial charge in [0, 0.05) is 36.8 Å². The number of imidazole rings is 1. The van der Waals surface area contributed by atoms with Crippen molar-refractivity contribution in [2.45, 2.75) is 56.8 Å². The molecule has 0 radical (unpaired) electrons. The van der Waals surface area contributed by atoms with E-state index in [9.17, 15) is 23.1 Å². The molecule has 6 rings (SSSR count). The Hall–Kier alpha value is -4.18. The van der Waals surface area contributed by atoms with Crippen LogP contribution in [0.25, 0.3) is 16.8 Å². The summed E-state index contributed by atoms with van der Waals surface area (Å²) in [7, 11) is 0. The fourth-order valence-electron chi connectivity index (χ4n) is 6.22. The molecule has 0 saturated carbocycles. The lowest BCUT2D eigenvalue weighted by Gasteiger charge is -2.39. The van der Waals surface area contributed by atoms with Gasteiger partial charge in [-0.25, -0.2) is 9.97 Å². The highest BCUT2D eigenvalue weighted by molar-refractivity contribution is 5.86. The zero-order valence-electron chi connectivity index (χ0n) is 22.7. The lowest BCUT2D eigenvalue weighted by atomic mass is 9.84. The monoisotopic (exact) mass is 561 g/mol. The molecule has 4 heterocycles. The van der Waals surface area contributed by atoms with Crippen LogP contribution in [0.5, 0.6) is 0 Å². The first-order valence-corrected chi connectivity index (χ1v) is 13.6. The lowest BCUT2D eigenvalue weighted by Crippen LogP contribution is -2.47. The average Bonchev–Trinajstić information content (AvgIpc) is 3.34. The van der Waals surface area contributed by atoms with Crippen LogP contribution in [0.3, 0.4) is 0 Å². The molecule has 10 heteroatoms. The summed E-state index contributed by atoms with van der Waals surface area (Å²) in [5, 5.41) is 11.4. The highest BCUT2D eigenvalue weighted by atomic mass is 19.4. The first-order chi connectivity index (χ1) is 19.4. The smallest absolute Gasteiger partial charge is 0.382 e. The number of nitrogens with zero attached hydrogens (tertiary/aromatic N) is 4. The van der Waals surface area contributed by atoms with E-state index < -0.39 is 17.3 Å². The number of aliphatic hydroxyl groups is 1. The minimum Gasteiger partial charge on any atom is -0.382 e. The molecule has 1 fully saturated rings. The Bertz CT molecular complexity index is 1690. The largest absolute Gasteiger partial charge is 0.416 e. The van der Waals surface area contributed by atoms with Gasteiger partial charge < -0.3 is 15.7 Å². The molecule has 2 aromatic carbocycles. The number of rotatable bonds is 4. The van der Waals surface area contributed by atoms with Gasteiger partial charge in [-0.1, -0.05) is 36.4 Å². The van der Waals surface area contributed by atoms with Gasteiger partial charge in [0.2, 0.25) is 5.91 Å². The number of hydrogen-bond acceptors (Lipinski definition) is 5. The zero-order valence-corrected chi connectivity index (χ0v) is 22.7. The fraction of sp³-hybridized carbons (Fsp3) is 0.323. The molecule has 1 saturated heterocycles. The number of hydrogen-bond donors (Lipinski definition) is 2. The molecule has 3 N–H and O–H groups in total. The van der Waals surface area contributed by atoms with Gasteiger partial charge in [0.05, 0.1) is 11.6 Å². The molecule has 1 unspecified atom stereocenters. The van der Waals surface area contributed by atoms with Crippen molar-refractivity contribution < 1.29 is 23.1 Å². The Labute approximate surface area is 235 Å². The molecule has 41 heavy (non-hydrogen) atoms. The Morgan fingerprint density at radius 3 is 2.63 bits per heavy atom. The number of aryl methyl sites for hydroxylation is 1. The quantitative estimate of drug-likeness (QED) is 0.317. The Kier molecular flexibility index (Phi) is 6.41. The van der Waals surface area contributed by atoms with Crippen molar-refractivity contribution in [2.24, 2.45) is 0 Å². The minimum absolute atomic E-state index is 0.00626. The van der Waals surface area contributed by atoms with Crippen LogP contribution in [-0.4, -0.2) is 42.9 Å². The summed E-state index contributed by atoms with van der Waals surface area (Å²) in [6.45, 7) is 3.86. The first-order valence-electron chi connectivity index (χ1n) is 13.6. The summed E-state index contributed by atoms with van der Waals surface area (Å²) in [6, 6.07) is 10.2. The van der Waals surface area contributed by atoms with Crippen LogP contribution in [0.1, 0.15) is 60.2 Å². The van der Waals surface area contributed by atoms with Crippen molar-refractivity contribution in [1.82, 2.24) is 19.3 Å². The second kappa shape index (κ2) is 9.73. The predicted molar refractivity (Wildman–Crippen MR) is 149 cm³/mol. The Morgan fingerprint density at radius 2 is 1.88 bits per heavy atom. The lowest BCUT2D eigenvalue weighted by molar-refractivity contribution is -0.137. The van der Waals surface area contributed by atoms with Crippen molar-refractivity contribution in [1.29, 1.82) is 0 Å². The van der Waals surface area contributed by atoms with Gasteiger partial charge in [-0.15, -0.1) is 0 Å². The molecule has 3 atom stereocenters. The third kappa shape index (κ3) is 4.65. The van der Waals surface area contributed by atoms with Crippen LogP contribution in [-0.2, 0) is 16.6 Å². The third-order valence-electron chi connectivity index (χ3n) is 8.35. The summed E-state index contributed by atoms with van der Waals surface area (Å²) < 4.78 is 42.0. The summed E-state index contributed by atoms with van der Waals surface area (Å²) in [4.78, 5) is 23.9. The molecule has 1 amide bonds. The number of alkyl halides is 3. The standard InChI is InChI=1S/C31H30F3N5O2/c1-18-15-19(10-12-24(18)30(2,41)21-5-3-6-22(16-21)31(32,33)34)26-27-28(35)36-13-14-38(27)29(37-26)20-9-11-23-7-4-8-25(40)39(23)17-20/h3-7,10,12-16,20,23,41H,8-9,11,17H2,1-2H3,(H2,35,36)/t20-,23-,30?/m1/s1. The number of amides is 1. The van der Waals surface area contributed by atoms with E-state index in [2.05, 4.69) is 11.1 Å². The maximum absolute atomic E-state index is 13.3. The van der Waals surface area contributed by atoms with Crippen molar-refractivity contribution in [3.05, 3.63) is 95.1 Å². The Morgan fingerprint density at radius 1 is 1.10 bits per heavy atom. The number of nitrogen functional groups attached to an aromatic ring is 1. The molecule has 0 aliphatic carbocycles. The SMILES string of the molecule is Cc1cc(-c2nc([C@@H]3CC[C@H]4C=CCC(=O)N4C3)n3ccnc(N)c23)ccc1C(C)(O)c1cccc(C(F)(F)F)c1. The van der Waals surface area contributed by atoms with E-state index in [1.165, 1.54) is 19.1 Å². The van der Waals surface area contributed by atoms with Gasteiger partial charge in [0.25, 0.3) is 0 Å². The number of anilines is 1. The molecule has 7 nitrogen and oxygen atoms in total. The van der Waals surface area contributed by atoms with E-state index in [-0.39, 0.29) is 23.4 Å². The van der Waals surface area contributed by atoms with E-state index in [4.69, 9.17) is 10.7 Å². The normalized spacial score (nSPS) is 20.7. The van der Waals surface area contributed by atoms with Crippen LogP contribution >= 0.6 is 0 Å². The number of carbonyl (C=O) groups excluding carboxylic acids is 1. The van der Waals surface area contributed by atoms with E-state index >= 15 is 0 Å². The second-order valence-corrected chi connectivity index (χ2v) is 11.1. The highest BCUT2D eigenvalue weighted by Gasteiger charge is 2.36. The van der Waals surface area contributed by atoms with Gasteiger partial charge >= 0.3 is 6.18 Å². The van der Waals surface area contributed by atoms with E-state index in [0.717, 1.165) is 36.4 Å². The van der Waals surface area contributed by atoms with E-state index in [0.29, 0.717) is 41.1 Å². The van der Waals surface area contributed by atoms with Crippen LogP contribution < -0.4 is 5.73 Å². The third-order valence-corrected chi connectivity index (χ3v) is 8.35. The number of aromatic nitrogens is 3. The van der Waals surface area contributed by atoms with Crippen LogP contribution in [0.4, 0.5) is 19.0 Å². The molecular weight excluding hydrogens is 531 g/mol. The molecule has 0 spiro atoms. The number of fused-ring (bicyclic) bond motifs is 2. The number of nitrogens with two attached hydrogens (primary N) is 1. The van der Waals surface area contributed by atoms with Crippen LogP contribution in [0, 0.1) is 6.92 Å². The molecule has 4 aromatic rings. The van der Waals surface area contributed by atoms with Crippen molar-refractivity contribution >= 4 is 17.2 Å². The maximum Gasteiger partial charge on any atom is 0.416 e. The predicted octanol–water partition coefficient (Wildman–Crippen LogP) is 5.60. The van der Waals surface area contributed by atoms with Gasteiger partial charge in [-0.05, 0) is 61.6 Å². The van der Waals surface area contributed by atoms with Crippen molar-refractivity contribution in [3.8, 4) is 11.3 Å². The number of piperidine rings is 1. The second-order valence-electron chi connectivity index (χ2n) is 11.1. The van der Waals surface area contributed by atoms with Gasteiger partial charge in [-0.2, -0.15) is 13.2 Å². The van der Waals surface area contributed by atoms with Crippen LogP contribution in [0.15, 0.2) is 67.0 Å².